The van der Waals surface area contributed by atoms with Crippen LogP contribution in [0.5, 0.6) is 0 Å². The maximum Gasteiger partial charge on any atom is 0.252 e. The van der Waals surface area contributed by atoms with Gasteiger partial charge in [0.2, 0.25) is 0 Å². The van der Waals surface area contributed by atoms with E-state index in [1.165, 1.54) is 12.1 Å². The van der Waals surface area contributed by atoms with Crippen molar-refractivity contribution in [3.05, 3.63) is 27.7 Å². The van der Waals surface area contributed by atoms with E-state index in [1.54, 1.807) is 0 Å². The zero-order valence-corrected chi connectivity index (χ0v) is 10.8. The number of halogens is 2. The van der Waals surface area contributed by atoms with Crippen molar-refractivity contribution < 1.29 is 4.79 Å². The Morgan fingerprint density at radius 1 is 1.53 bits per heavy atom. The van der Waals surface area contributed by atoms with E-state index in [0.29, 0.717) is 12.0 Å². The number of hydrogen-bond donors (Lipinski definition) is 2. The van der Waals surface area contributed by atoms with E-state index in [0.717, 1.165) is 0 Å². The monoisotopic (exact) mass is 270 g/mol. The van der Waals surface area contributed by atoms with E-state index >= 15 is 0 Å². The molecule has 3 nitrogen and oxygen atoms in total. The van der Waals surface area contributed by atoms with E-state index in [2.05, 4.69) is 11.2 Å². The SMILES string of the molecule is C#CC(CC)NC(=O)c1cc(Cl)c(N)c(Cl)c1. The molecule has 0 radical (unpaired) electrons. The summed E-state index contributed by atoms with van der Waals surface area (Å²) in [7, 11) is 0. The zero-order chi connectivity index (χ0) is 13.0. The van der Waals surface area contributed by atoms with Crippen LogP contribution in [0.2, 0.25) is 10.0 Å². The summed E-state index contributed by atoms with van der Waals surface area (Å²) in [5, 5.41) is 3.17. The van der Waals surface area contributed by atoms with Crippen molar-refractivity contribution in [3.8, 4) is 12.3 Å². The van der Waals surface area contributed by atoms with Crippen LogP contribution in [0, 0.1) is 12.3 Å². The van der Waals surface area contributed by atoms with Crippen LogP contribution < -0.4 is 11.1 Å². The number of hydrogen-bond acceptors (Lipinski definition) is 2. The molecule has 1 unspecified atom stereocenters. The van der Waals surface area contributed by atoms with Gasteiger partial charge in [0.25, 0.3) is 5.91 Å². The Labute approximate surface area is 110 Å². The predicted octanol–water partition coefficient (Wildman–Crippen LogP) is 2.72. The molecule has 0 aromatic heterocycles. The van der Waals surface area contributed by atoms with Crippen LogP contribution in [0.1, 0.15) is 23.7 Å². The normalized spacial score (nSPS) is 11.6. The Bertz CT molecular complexity index is 457. The third kappa shape index (κ3) is 3.29. The van der Waals surface area contributed by atoms with Gasteiger partial charge in [-0.1, -0.05) is 36.0 Å². The van der Waals surface area contributed by atoms with Crippen LogP contribution in [0.15, 0.2) is 12.1 Å². The van der Waals surface area contributed by atoms with Crippen molar-refractivity contribution in [2.45, 2.75) is 19.4 Å². The first-order valence-electron chi connectivity index (χ1n) is 5.01. The van der Waals surface area contributed by atoms with Gasteiger partial charge in [0.1, 0.15) is 0 Å². The summed E-state index contributed by atoms with van der Waals surface area (Å²) in [5.41, 5.74) is 6.17. The fraction of sp³-hybridized carbons (Fsp3) is 0.250. The average Bonchev–Trinajstić information content (AvgIpc) is 2.31. The minimum Gasteiger partial charge on any atom is -0.396 e. The number of nitrogens with two attached hydrogens (primary N) is 1. The highest BCUT2D eigenvalue weighted by atomic mass is 35.5. The molecule has 0 saturated carbocycles. The van der Waals surface area contributed by atoms with Gasteiger partial charge < -0.3 is 11.1 Å². The molecule has 0 spiro atoms. The Hall–Kier alpha value is -1.37. The van der Waals surface area contributed by atoms with E-state index in [9.17, 15) is 4.79 Å². The lowest BCUT2D eigenvalue weighted by Crippen LogP contribution is -2.33. The van der Waals surface area contributed by atoms with Gasteiger partial charge in [-0.05, 0) is 18.6 Å². The predicted molar refractivity (Wildman–Crippen MR) is 71.3 cm³/mol. The molecule has 0 aliphatic carbocycles. The van der Waals surface area contributed by atoms with Crippen molar-refractivity contribution in [3.63, 3.8) is 0 Å². The molecule has 1 aromatic carbocycles. The molecule has 1 aromatic rings. The fourth-order valence-electron chi connectivity index (χ4n) is 1.22. The first-order chi connectivity index (χ1) is 7.99. The summed E-state index contributed by atoms with van der Waals surface area (Å²) in [4.78, 5) is 11.8. The molecule has 17 heavy (non-hydrogen) atoms. The summed E-state index contributed by atoms with van der Waals surface area (Å²) in [6.45, 7) is 1.88. The lowest BCUT2D eigenvalue weighted by Gasteiger charge is -2.11. The molecule has 1 atom stereocenters. The largest absolute Gasteiger partial charge is 0.396 e. The molecule has 0 heterocycles. The highest BCUT2D eigenvalue weighted by molar-refractivity contribution is 6.39. The van der Waals surface area contributed by atoms with Crippen LogP contribution in [0.3, 0.4) is 0 Å². The number of amides is 1. The van der Waals surface area contributed by atoms with Gasteiger partial charge in [0.15, 0.2) is 0 Å². The number of nitrogen functional groups attached to an aromatic ring is 1. The number of benzene rings is 1. The highest BCUT2D eigenvalue weighted by Crippen LogP contribution is 2.28. The summed E-state index contributed by atoms with van der Waals surface area (Å²) >= 11 is 11.7. The first kappa shape index (κ1) is 13.7. The lowest BCUT2D eigenvalue weighted by molar-refractivity contribution is 0.0945. The fourth-order valence-corrected chi connectivity index (χ4v) is 1.71. The Morgan fingerprint density at radius 2 is 2.06 bits per heavy atom. The van der Waals surface area contributed by atoms with Crippen molar-refractivity contribution in [1.82, 2.24) is 5.32 Å². The smallest absolute Gasteiger partial charge is 0.252 e. The Kier molecular flexibility index (Phi) is 4.68. The van der Waals surface area contributed by atoms with Crippen LogP contribution in [-0.4, -0.2) is 11.9 Å². The molecule has 0 aliphatic rings. The second kappa shape index (κ2) is 5.81. The molecule has 1 amide bonds. The molecule has 0 bridgehead atoms. The van der Waals surface area contributed by atoms with Crippen LogP contribution in [0.4, 0.5) is 5.69 Å². The second-order valence-corrected chi connectivity index (χ2v) is 4.27. The molecular weight excluding hydrogens is 259 g/mol. The minimum absolute atomic E-state index is 0.247. The van der Waals surface area contributed by atoms with Crippen molar-refractivity contribution >= 4 is 34.8 Å². The highest BCUT2D eigenvalue weighted by Gasteiger charge is 2.13. The molecule has 0 saturated heterocycles. The number of carbonyl (C=O) groups excluding carboxylic acids is 1. The molecule has 90 valence electrons. The van der Waals surface area contributed by atoms with Gasteiger partial charge in [-0.15, -0.1) is 6.42 Å². The van der Waals surface area contributed by atoms with Gasteiger partial charge in [-0.2, -0.15) is 0 Å². The lowest BCUT2D eigenvalue weighted by atomic mass is 10.1. The third-order valence-corrected chi connectivity index (χ3v) is 2.88. The Balaban J connectivity index is 2.95. The van der Waals surface area contributed by atoms with Crippen LogP contribution >= 0.6 is 23.2 Å². The summed E-state index contributed by atoms with van der Waals surface area (Å²) in [6, 6.07) is 2.61. The Morgan fingerprint density at radius 3 is 2.47 bits per heavy atom. The summed E-state index contributed by atoms with van der Waals surface area (Å²) < 4.78 is 0. The standard InChI is InChI=1S/C12H12Cl2N2O/c1-3-8(4-2)16-12(17)7-5-9(13)11(15)10(14)6-7/h1,5-6,8H,4,15H2,2H3,(H,16,17). The average molecular weight is 271 g/mol. The van der Waals surface area contributed by atoms with E-state index < -0.39 is 0 Å². The maximum atomic E-state index is 11.8. The third-order valence-electron chi connectivity index (χ3n) is 2.26. The zero-order valence-electron chi connectivity index (χ0n) is 9.26. The minimum atomic E-state index is -0.321. The van der Waals surface area contributed by atoms with Gasteiger partial charge in [-0.25, -0.2) is 0 Å². The van der Waals surface area contributed by atoms with Gasteiger partial charge in [0.05, 0.1) is 21.8 Å². The molecule has 5 heteroatoms. The van der Waals surface area contributed by atoms with Crippen molar-refractivity contribution in [1.29, 1.82) is 0 Å². The summed E-state index contributed by atoms with van der Waals surface area (Å²) in [5.74, 6) is 2.15. The van der Waals surface area contributed by atoms with E-state index in [4.69, 9.17) is 35.4 Å². The van der Waals surface area contributed by atoms with Crippen molar-refractivity contribution in [2.75, 3.05) is 5.73 Å². The number of carbonyl (C=O) groups is 1. The van der Waals surface area contributed by atoms with Crippen LogP contribution in [-0.2, 0) is 0 Å². The topological polar surface area (TPSA) is 55.1 Å². The van der Waals surface area contributed by atoms with Gasteiger partial charge in [0, 0.05) is 5.56 Å². The molecule has 0 aliphatic heterocycles. The maximum absolute atomic E-state index is 11.8. The van der Waals surface area contributed by atoms with Crippen LogP contribution in [0.25, 0.3) is 0 Å². The first-order valence-corrected chi connectivity index (χ1v) is 5.76. The number of nitrogens with one attached hydrogen (secondary N) is 1. The molecule has 1 rings (SSSR count). The van der Waals surface area contributed by atoms with Gasteiger partial charge in [-0.3, -0.25) is 4.79 Å². The molecule has 0 fully saturated rings. The van der Waals surface area contributed by atoms with E-state index in [-0.39, 0.29) is 27.7 Å². The molecule has 3 N–H and O–H groups in total. The molecular formula is C12H12Cl2N2O. The number of terminal acetylenes is 1. The van der Waals surface area contributed by atoms with E-state index in [1.807, 2.05) is 6.92 Å². The quantitative estimate of drug-likeness (QED) is 0.656. The summed E-state index contributed by atoms with van der Waals surface area (Å²) in [6.07, 6.45) is 5.91. The second-order valence-electron chi connectivity index (χ2n) is 3.45. The van der Waals surface area contributed by atoms with Gasteiger partial charge >= 0.3 is 0 Å². The number of anilines is 1. The van der Waals surface area contributed by atoms with Crippen molar-refractivity contribution in [2.24, 2.45) is 0 Å². The number of rotatable bonds is 3.